The molecule has 4 aromatic rings. The molecule has 2 fully saturated rings. The van der Waals surface area contributed by atoms with Crippen LogP contribution in [0, 0.1) is 6.57 Å². The van der Waals surface area contributed by atoms with Crippen LogP contribution in [0.2, 0.25) is 8.67 Å². The number of amidine groups is 1. The molecule has 2 amide bonds. The number of amides is 2. The quantitative estimate of drug-likeness (QED) is 0.0537. The number of hydrogen-bond donors (Lipinski definition) is 2. The van der Waals surface area contributed by atoms with E-state index in [0.29, 0.717) is 94.9 Å². The molecule has 3 aliphatic rings. The van der Waals surface area contributed by atoms with Crippen LogP contribution in [0.15, 0.2) is 77.8 Å². The van der Waals surface area contributed by atoms with Gasteiger partial charge in [-0.2, -0.15) is 0 Å². The molecule has 60 heavy (non-hydrogen) atoms. The number of nitrogens with one attached hydrogen (secondary N) is 1. The molecular formula is C41H47Cl2N7O8S2. The van der Waals surface area contributed by atoms with E-state index in [1.165, 1.54) is 27.6 Å². The van der Waals surface area contributed by atoms with Gasteiger partial charge in [0, 0.05) is 50.4 Å². The minimum Gasteiger partial charge on any atom is -0.444 e. The van der Waals surface area contributed by atoms with Gasteiger partial charge in [-0.15, -0.1) is 22.7 Å². The highest BCUT2D eigenvalue weighted by Gasteiger charge is 2.34. The number of rotatable bonds is 14. The lowest BCUT2D eigenvalue weighted by Crippen LogP contribution is -2.33. The highest BCUT2D eigenvalue weighted by molar-refractivity contribution is 7.18. The Bertz CT molecular complexity index is 2120. The molecule has 7 rings (SSSR count). The van der Waals surface area contributed by atoms with Crippen LogP contribution in [0.3, 0.4) is 0 Å². The first-order valence-electron chi connectivity index (χ1n) is 18.5. The van der Waals surface area contributed by atoms with Gasteiger partial charge in [0.15, 0.2) is 23.1 Å². The minimum absolute atomic E-state index is 0. The molecule has 15 nitrogen and oxygen atoms in total. The van der Waals surface area contributed by atoms with E-state index in [1.807, 2.05) is 31.3 Å². The zero-order valence-corrected chi connectivity index (χ0v) is 35.5. The maximum Gasteiger partial charge on any atom is 0.414 e. The molecule has 2 aromatic carbocycles. The molecule has 0 radical (unpaired) electrons. The monoisotopic (exact) mass is 899 g/mol. The molecule has 5 heterocycles. The molecule has 3 N–H and O–H groups in total. The van der Waals surface area contributed by atoms with Crippen molar-refractivity contribution in [2.75, 3.05) is 63.3 Å². The van der Waals surface area contributed by atoms with E-state index in [4.69, 9.17) is 49.8 Å². The second-order valence-corrected chi connectivity index (χ2v) is 16.3. The van der Waals surface area contributed by atoms with Crippen molar-refractivity contribution >= 4 is 92.5 Å². The number of hydrogen-bond acceptors (Lipinski definition) is 14. The Morgan fingerprint density at radius 2 is 1.37 bits per heavy atom. The molecule has 0 spiro atoms. The number of benzene rings is 2. The zero-order valence-electron chi connectivity index (χ0n) is 32.3. The van der Waals surface area contributed by atoms with E-state index in [0.717, 1.165) is 17.1 Å². The number of halogens is 2. The molecule has 3 aliphatic heterocycles. The number of thiophene rings is 2. The number of ether oxygens (including phenoxy) is 2. The van der Waals surface area contributed by atoms with Crippen LogP contribution in [0.4, 0.5) is 26.7 Å². The fourth-order valence-electron chi connectivity index (χ4n) is 5.95. The second kappa shape index (κ2) is 23.8. The van der Waals surface area contributed by atoms with Gasteiger partial charge in [0.2, 0.25) is 0 Å². The van der Waals surface area contributed by atoms with Crippen molar-refractivity contribution < 1.29 is 38.3 Å². The molecule has 320 valence electrons. The third-order valence-corrected chi connectivity index (χ3v) is 11.4. The number of hydroxylamine groups is 3. The molecule has 2 atom stereocenters. The molecule has 0 aliphatic carbocycles. The summed E-state index contributed by atoms with van der Waals surface area (Å²) in [6.45, 7) is 10.1. The first-order valence-corrected chi connectivity index (χ1v) is 20.9. The third kappa shape index (κ3) is 13.6. The predicted octanol–water partition coefficient (Wildman–Crippen LogP) is 8.69. The molecule has 19 heteroatoms. The highest BCUT2D eigenvalue weighted by atomic mass is 35.5. The number of aliphatic imine (C=N–C) groups is 1. The van der Waals surface area contributed by atoms with Gasteiger partial charge in [-0.1, -0.05) is 42.8 Å². The van der Waals surface area contributed by atoms with Gasteiger partial charge in [0.05, 0.1) is 57.8 Å². The van der Waals surface area contributed by atoms with E-state index in [9.17, 15) is 19.2 Å². The summed E-state index contributed by atoms with van der Waals surface area (Å²) in [7, 11) is 3.52. The van der Waals surface area contributed by atoms with E-state index in [1.54, 1.807) is 65.5 Å². The Morgan fingerprint density at radius 3 is 1.77 bits per heavy atom. The molecular weight excluding hydrogens is 854 g/mol. The van der Waals surface area contributed by atoms with E-state index in [-0.39, 0.29) is 31.2 Å². The van der Waals surface area contributed by atoms with Crippen molar-refractivity contribution in [1.29, 1.82) is 0 Å². The lowest BCUT2D eigenvalue weighted by Gasteiger charge is -2.24. The van der Waals surface area contributed by atoms with Crippen LogP contribution in [0.25, 0.3) is 4.85 Å². The summed E-state index contributed by atoms with van der Waals surface area (Å²) in [5.74, 6) is 0.778. The Morgan fingerprint density at radius 1 is 0.867 bits per heavy atom. The highest BCUT2D eigenvalue weighted by Crippen LogP contribution is 2.29. The predicted molar refractivity (Wildman–Crippen MR) is 236 cm³/mol. The summed E-state index contributed by atoms with van der Waals surface area (Å²) >= 11 is 14.2. The third-order valence-electron chi connectivity index (χ3n) is 8.86. The number of nitrogens with zero attached hydrogens (tertiary/aromatic N) is 5. The Hall–Kier alpha value is -4.90. The van der Waals surface area contributed by atoms with Crippen molar-refractivity contribution in [2.45, 2.75) is 45.3 Å². The summed E-state index contributed by atoms with van der Waals surface area (Å²) in [5.41, 5.74) is 10.4. The number of ketones is 2. The molecule has 0 bridgehead atoms. The standard InChI is InChI=1S/C20H20ClN3O4S.C17H13ClN2O3S.C3H10N2O.CH4/c1-23-19(22-10-11-27-23)13-2-4-14(5-3-13)24-12-15(28-20(24)26)6-7-16(25)17-8-9-18(21)29-17;1-19-11-2-4-12(5-3-11)20-10-13(23-17(20)22)6-7-14(21)15-8-9-16(18)24-15;1-5-6-3-2-4;/h2-5,8-9,15H,6-7,10-12H2,1H3;2-5,8-9,13H,6-7,10H2;5H,2-4H2,1H3;1H4/t15-;13-;;/m00../s1. The van der Waals surface area contributed by atoms with Crippen molar-refractivity contribution in [3.8, 4) is 0 Å². The van der Waals surface area contributed by atoms with E-state index < -0.39 is 12.2 Å². The van der Waals surface area contributed by atoms with Gasteiger partial charge in [-0.05, 0) is 73.5 Å². The largest absolute Gasteiger partial charge is 0.444 e. The first kappa shape index (κ1) is 47.8. The van der Waals surface area contributed by atoms with Crippen molar-refractivity contribution in [3.63, 3.8) is 0 Å². The topological polar surface area (TPSA) is 170 Å². The number of cyclic esters (lactones) is 2. The van der Waals surface area contributed by atoms with Crippen LogP contribution >= 0.6 is 45.9 Å². The molecule has 0 saturated carbocycles. The van der Waals surface area contributed by atoms with Gasteiger partial charge in [-0.25, -0.2) is 25.0 Å². The Kier molecular flexibility index (Phi) is 18.9. The van der Waals surface area contributed by atoms with Gasteiger partial charge < -0.3 is 20.0 Å². The van der Waals surface area contributed by atoms with Crippen LogP contribution in [0.1, 0.15) is 58.0 Å². The summed E-state index contributed by atoms with van der Waals surface area (Å²) in [5, 5.41) is 1.65. The molecule has 2 aromatic heterocycles. The number of carbonyl (C=O) groups is 4. The van der Waals surface area contributed by atoms with Gasteiger partial charge in [0.25, 0.3) is 0 Å². The summed E-state index contributed by atoms with van der Waals surface area (Å²) in [6, 6.07) is 21.1. The maximum atomic E-state index is 12.3. The Balaban J connectivity index is 0.000000233. The number of nitrogens with two attached hydrogens (primary N) is 1. The normalized spacial score (nSPS) is 16.9. The van der Waals surface area contributed by atoms with Crippen LogP contribution in [-0.2, 0) is 19.1 Å². The summed E-state index contributed by atoms with van der Waals surface area (Å²) in [6.07, 6.45) is 0.102. The van der Waals surface area contributed by atoms with E-state index in [2.05, 4.69) is 20.2 Å². The maximum absolute atomic E-state index is 12.3. The summed E-state index contributed by atoms with van der Waals surface area (Å²) in [4.78, 5) is 70.8. The number of anilines is 2. The molecule has 2 saturated heterocycles. The lowest BCUT2D eigenvalue weighted by atomic mass is 10.1. The van der Waals surface area contributed by atoms with Crippen LogP contribution in [0.5, 0.6) is 0 Å². The van der Waals surface area contributed by atoms with Gasteiger partial charge in [0.1, 0.15) is 12.2 Å². The fraction of sp³-hybridized carbons (Fsp3) is 0.366. The van der Waals surface area contributed by atoms with Crippen molar-refractivity contribution in [1.82, 2.24) is 10.5 Å². The average Bonchev–Trinajstić information content (AvgIpc) is 4.06. The molecule has 0 unspecified atom stereocenters. The minimum atomic E-state index is -0.429. The van der Waals surface area contributed by atoms with Gasteiger partial charge >= 0.3 is 12.2 Å². The van der Waals surface area contributed by atoms with Crippen molar-refractivity contribution in [3.05, 3.63) is 108 Å². The first-order chi connectivity index (χ1) is 28.5. The summed E-state index contributed by atoms with van der Waals surface area (Å²) < 4.78 is 11.9. The fourth-order valence-corrected chi connectivity index (χ4v) is 7.97. The number of carbonyl (C=O) groups excluding carboxylic acids is 4. The van der Waals surface area contributed by atoms with E-state index >= 15 is 0 Å². The van der Waals surface area contributed by atoms with Gasteiger partial charge in [-0.3, -0.25) is 29.2 Å². The lowest BCUT2D eigenvalue weighted by molar-refractivity contribution is -0.0831. The van der Waals surface area contributed by atoms with Crippen molar-refractivity contribution in [2.24, 2.45) is 10.7 Å². The SMILES string of the molecule is C.CN1OCCN=C1c1ccc(N2C[C@H](CCC(=O)c3ccc(Cl)s3)OC2=O)cc1.CNOCCN.[C-]#[N+]c1ccc(N2C[C@H](CCC(=O)c3ccc(Cl)s3)OC2=O)cc1. The number of Topliss-reactive ketones (excluding diaryl/α,β-unsaturated/α-hetero) is 2. The zero-order chi connectivity index (χ0) is 42.3. The average molecular weight is 901 g/mol. The van der Waals surface area contributed by atoms with Crippen LogP contribution < -0.4 is 21.0 Å². The second-order valence-electron chi connectivity index (χ2n) is 12.9. The Labute approximate surface area is 367 Å². The van der Waals surface area contributed by atoms with Crippen LogP contribution in [-0.4, -0.2) is 100 Å². The smallest absolute Gasteiger partial charge is 0.414 e.